The Labute approximate surface area is 75.9 Å². The molecule has 4 nitrogen and oxygen atoms in total. The zero-order chi connectivity index (χ0) is 9.84. The molecule has 0 spiro atoms. The first-order valence-corrected chi connectivity index (χ1v) is 3.80. The van der Waals surface area contributed by atoms with E-state index in [2.05, 4.69) is 0 Å². The number of ether oxygens (including phenoxy) is 1. The number of hydrogen-bond donors (Lipinski definition) is 2. The normalized spacial score (nSPS) is 9.62. The maximum atomic E-state index is 10.4. The number of benzene rings is 1. The Morgan fingerprint density at radius 3 is 2.85 bits per heavy atom. The van der Waals surface area contributed by atoms with Crippen LogP contribution in [-0.4, -0.2) is 17.6 Å². The third kappa shape index (κ3) is 2.66. The molecule has 1 aromatic carbocycles. The van der Waals surface area contributed by atoms with E-state index in [1.807, 2.05) is 0 Å². The second-order valence-electron chi connectivity index (χ2n) is 2.70. The third-order valence-electron chi connectivity index (χ3n) is 1.56. The van der Waals surface area contributed by atoms with Crippen molar-refractivity contribution in [3.05, 3.63) is 23.8 Å². The van der Waals surface area contributed by atoms with Gasteiger partial charge in [-0.05, 0) is 18.6 Å². The van der Waals surface area contributed by atoms with Gasteiger partial charge in [0.05, 0.1) is 0 Å². The highest BCUT2D eigenvalue weighted by Gasteiger charge is 2.00. The number of phenols is 1. The molecule has 3 N–H and O–H groups in total. The first kappa shape index (κ1) is 9.38. The highest BCUT2D eigenvalue weighted by atomic mass is 16.5. The average Bonchev–Trinajstić information content (AvgIpc) is 2.07. The topological polar surface area (TPSA) is 72.5 Å². The molecule has 70 valence electrons. The molecule has 0 atom stereocenters. The number of aryl methyl sites for hydroxylation is 1. The molecule has 0 bridgehead atoms. The molecule has 13 heavy (non-hydrogen) atoms. The number of hydrogen-bond acceptors (Lipinski definition) is 3. The zero-order valence-electron chi connectivity index (χ0n) is 7.28. The van der Waals surface area contributed by atoms with Crippen molar-refractivity contribution in [2.75, 3.05) is 6.61 Å². The van der Waals surface area contributed by atoms with E-state index in [4.69, 9.17) is 10.5 Å². The molecule has 0 aliphatic heterocycles. The molecular formula is C9H11NO3. The predicted molar refractivity (Wildman–Crippen MR) is 47.5 cm³/mol. The minimum Gasteiger partial charge on any atom is -0.508 e. The van der Waals surface area contributed by atoms with Crippen LogP contribution in [0.5, 0.6) is 11.5 Å². The largest absolute Gasteiger partial charge is 0.508 e. The van der Waals surface area contributed by atoms with Gasteiger partial charge in [-0.2, -0.15) is 0 Å². The lowest BCUT2D eigenvalue weighted by Gasteiger charge is -2.04. The van der Waals surface area contributed by atoms with Crippen LogP contribution >= 0.6 is 0 Å². The van der Waals surface area contributed by atoms with E-state index in [0.29, 0.717) is 5.75 Å². The summed E-state index contributed by atoms with van der Waals surface area (Å²) in [6.07, 6.45) is 0. The molecule has 0 aliphatic rings. The van der Waals surface area contributed by atoms with Crippen molar-refractivity contribution in [2.45, 2.75) is 6.92 Å². The molecule has 0 saturated carbocycles. The van der Waals surface area contributed by atoms with Gasteiger partial charge in [0.1, 0.15) is 11.5 Å². The lowest BCUT2D eigenvalue weighted by Crippen LogP contribution is -2.19. The molecule has 1 amide bonds. The van der Waals surface area contributed by atoms with E-state index in [1.54, 1.807) is 19.1 Å². The van der Waals surface area contributed by atoms with Gasteiger partial charge in [-0.3, -0.25) is 4.79 Å². The van der Waals surface area contributed by atoms with E-state index >= 15 is 0 Å². The van der Waals surface area contributed by atoms with E-state index in [-0.39, 0.29) is 12.4 Å². The quantitative estimate of drug-likeness (QED) is 0.715. The molecule has 0 aliphatic carbocycles. The standard InChI is InChI=1S/C9H11NO3/c1-6-2-3-7(4-8(6)11)13-5-9(10)12/h2-4,11H,5H2,1H3,(H2,10,12). The molecule has 1 rings (SSSR count). The number of phenolic OH excluding ortho intramolecular Hbond substituents is 1. The monoisotopic (exact) mass is 181 g/mol. The van der Waals surface area contributed by atoms with Gasteiger partial charge in [-0.15, -0.1) is 0 Å². The maximum absolute atomic E-state index is 10.4. The Morgan fingerprint density at radius 2 is 2.31 bits per heavy atom. The minimum atomic E-state index is -0.542. The van der Waals surface area contributed by atoms with E-state index < -0.39 is 5.91 Å². The SMILES string of the molecule is Cc1ccc(OCC(N)=O)cc1O. The van der Waals surface area contributed by atoms with Gasteiger partial charge in [-0.25, -0.2) is 0 Å². The van der Waals surface area contributed by atoms with E-state index in [9.17, 15) is 9.90 Å². The number of rotatable bonds is 3. The number of carbonyl (C=O) groups excluding carboxylic acids is 1. The summed E-state index contributed by atoms with van der Waals surface area (Å²) in [6, 6.07) is 4.81. The first-order valence-electron chi connectivity index (χ1n) is 3.80. The summed E-state index contributed by atoms with van der Waals surface area (Å²) >= 11 is 0. The molecule has 0 unspecified atom stereocenters. The highest BCUT2D eigenvalue weighted by molar-refractivity contribution is 5.75. The van der Waals surface area contributed by atoms with Crippen molar-refractivity contribution >= 4 is 5.91 Å². The molecule has 0 fully saturated rings. The van der Waals surface area contributed by atoms with Crippen molar-refractivity contribution in [2.24, 2.45) is 5.73 Å². The summed E-state index contributed by atoms with van der Waals surface area (Å²) in [6.45, 7) is 1.59. The van der Waals surface area contributed by atoms with Gasteiger partial charge in [0.25, 0.3) is 5.91 Å². The number of aromatic hydroxyl groups is 1. The van der Waals surface area contributed by atoms with Crippen LogP contribution < -0.4 is 10.5 Å². The Bertz CT molecular complexity index is 323. The van der Waals surface area contributed by atoms with Crippen molar-refractivity contribution in [1.82, 2.24) is 0 Å². The lowest BCUT2D eigenvalue weighted by atomic mass is 10.2. The molecule has 0 aromatic heterocycles. The highest BCUT2D eigenvalue weighted by Crippen LogP contribution is 2.22. The number of amides is 1. The number of carbonyl (C=O) groups is 1. The van der Waals surface area contributed by atoms with Gasteiger partial charge in [-0.1, -0.05) is 6.07 Å². The van der Waals surface area contributed by atoms with E-state index in [1.165, 1.54) is 6.07 Å². The molecule has 0 radical (unpaired) electrons. The lowest BCUT2D eigenvalue weighted by molar-refractivity contribution is -0.119. The van der Waals surface area contributed by atoms with Crippen LogP contribution in [-0.2, 0) is 4.79 Å². The van der Waals surface area contributed by atoms with Crippen LogP contribution in [0.4, 0.5) is 0 Å². The number of nitrogens with two attached hydrogens (primary N) is 1. The summed E-state index contributed by atoms with van der Waals surface area (Å²) < 4.78 is 4.97. The number of primary amides is 1. The van der Waals surface area contributed by atoms with Crippen LogP contribution in [0.15, 0.2) is 18.2 Å². The average molecular weight is 181 g/mol. The van der Waals surface area contributed by atoms with Gasteiger partial charge in [0.15, 0.2) is 6.61 Å². The zero-order valence-corrected chi connectivity index (χ0v) is 7.28. The van der Waals surface area contributed by atoms with Crippen molar-refractivity contribution in [1.29, 1.82) is 0 Å². The Balaban J connectivity index is 2.68. The summed E-state index contributed by atoms with van der Waals surface area (Å²) in [7, 11) is 0. The van der Waals surface area contributed by atoms with Gasteiger partial charge in [0.2, 0.25) is 0 Å². The predicted octanol–water partition coefficient (Wildman–Crippen LogP) is 0.565. The fourth-order valence-corrected chi connectivity index (χ4v) is 0.833. The second-order valence-corrected chi connectivity index (χ2v) is 2.70. The Kier molecular flexibility index (Phi) is 2.74. The first-order chi connectivity index (χ1) is 6.09. The maximum Gasteiger partial charge on any atom is 0.255 e. The van der Waals surface area contributed by atoms with Crippen LogP contribution in [0.2, 0.25) is 0 Å². The molecule has 0 saturated heterocycles. The fourth-order valence-electron chi connectivity index (χ4n) is 0.833. The smallest absolute Gasteiger partial charge is 0.255 e. The van der Waals surface area contributed by atoms with Crippen molar-refractivity contribution < 1.29 is 14.6 Å². The molecule has 0 heterocycles. The Hall–Kier alpha value is -1.71. The van der Waals surface area contributed by atoms with Crippen LogP contribution in [0.3, 0.4) is 0 Å². The van der Waals surface area contributed by atoms with Crippen LogP contribution in [0, 0.1) is 6.92 Å². The summed E-state index contributed by atoms with van der Waals surface area (Å²) in [4.78, 5) is 10.4. The van der Waals surface area contributed by atoms with Crippen molar-refractivity contribution in [3.8, 4) is 11.5 Å². The third-order valence-corrected chi connectivity index (χ3v) is 1.56. The summed E-state index contributed by atoms with van der Waals surface area (Å²) in [5.74, 6) is 0.0314. The second kappa shape index (κ2) is 3.80. The van der Waals surface area contributed by atoms with Gasteiger partial charge < -0.3 is 15.6 Å². The molecular weight excluding hydrogens is 170 g/mol. The Morgan fingerprint density at radius 1 is 1.62 bits per heavy atom. The summed E-state index contributed by atoms with van der Waals surface area (Å²) in [5, 5.41) is 9.27. The van der Waals surface area contributed by atoms with Crippen LogP contribution in [0.1, 0.15) is 5.56 Å². The molecule has 4 heteroatoms. The van der Waals surface area contributed by atoms with Gasteiger partial charge >= 0.3 is 0 Å². The van der Waals surface area contributed by atoms with Crippen LogP contribution in [0.25, 0.3) is 0 Å². The molecule has 1 aromatic rings. The minimum absolute atomic E-state index is 0.141. The van der Waals surface area contributed by atoms with Crippen molar-refractivity contribution in [3.63, 3.8) is 0 Å². The fraction of sp³-hybridized carbons (Fsp3) is 0.222. The van der Waals surface area contributed by atoms with E-state index in [0.717, 1.165) is 5.56 Å². The summed E-state index contributed by atoms with van der Waals surface area (Å²) in [5.41, 5.74) is 5.64. The van der Waals surface area contributed by atoms with Gasteiger partial charge in [0, 0.05) is 6.07 Å².